The van der Waals surface area contributed by atoms with Crippen LogP contribution in [-0.4, -0.2) is 49.6 Å². The van der Waals surface area contributed by atoms with Crippen LogP contribution in [0.2, 0.25) is 0 Å². The highest BCUT2D eigenvalue weighted by Crippen LogP contribution is 2.26. The van der Waals surface area contributed by atoms with E-state index in [-0.39, 0.29) is 36.6 Å². The van der Waals surface area contributed by atoms with Crippen molar-refractivity contribution in [3.63, 3.8) is 0 Å². The lowest BCUT2D eigenvalue weighted by Gasteiger charge is -2.32. The topological polar surface area (TPSA) is 103 Å². The monoisotopic (exact) mass is 466 g/mol. The molecule has 31 heavy (non-hydrogen) atoms. The maximum absolute atomic E-state index is 12.9. The molecular formula is C21H28Cl2N6O2. The molecule has 4 rings (SSSR count). The largest absolute Gasteiger partial charge is 0.341 e. The van der Waals surface area contributed by atoms with Gasteiger partial charge in [0.15, 0.2) is 5.82 Å². The predicted molar refractivity (Wildman–Crippen MR) is 122 cm³/mol. The number of imidazole rings is 1. The SMILES string of the molecule is Cc1noc(C2CCCN(C(=O)[C@@H](N)Cc3cn(Cc4ccccc4)cn3)C2)n1.Cl.Cl. The Morgan fingerprint density at radius 2 is 2.06 bits per heavy atom. The molecule has 3 heterocycles. The van der Waals surface area contributed by atoms with E-state index in [1.165, 1.54) is 5.56 Å². The Morgan fingerprint density at radius 1 is 1.29 bits per heavy atom. The number of hydrogen-bond acceptors (Lipinski definition) is 6. The normalized spacial score (nSPS) is 16.8. The minimum Gasteiger partial charge on any atom is -0.341 e. The third-order valence-corrected chi connectivity index (χ3v) is 5.27. The molecule has 2 N–H and O–H groups in total. The van der Waals surface area contributed by atoms with Crippen LogP contribution in [0.1, 0.15) is 41.7 Å². The molecule has 0 saturated carbocycles. The zero-order valence-corrected chi connectivity index (χ0v) is 19.0. The Hall–Kier alpha value is -2.42. The third-order valence-electron chi connectivity index (χ3n) is 5.27. The molecular weight excluding hydrogens is 439 g/mol. The van der Waals surface area contributed by atoms with E-state index in [9.17, 15) is 4.79 Å². The summed E-state index contributed by atoms with van der Waals surface area (Å²) >= 11 is 0. The van der Waals surface area contributed by atoms with E-state index in [0.717, 1.165) is 25.1 Å². The summed E-state index contributed by atoms with van der Waals surface area (Å²) in [6.07, 6.45) is 6.00. The first kappa shape index (κ1) is 24.8. The zero-order valence-electron chi connectivity index (χ0n) is 17.4. The molecule has 8 nitrogen and oxygen atoms in total. The van der Waals surface area contributed by atoms with E-state index < -0.39 is 6.04 Å². The second-order valence-corrected chi connectivity index (χ2v) is 7.64. The number of carbonyl (C=O) groups is 1. The van der Waals surface area contributed by atoms with Crippen molar-refractivity contribution in [3.05, 3.63) is 65.8 Å². The van der Waals surface area contributed by atoms with Crippen molar-refractivity contribution in [3.8, 4) is 0 Å². The number of piperidine rings is 1. The summed E-state index contributed by atoms with van der Waals surface area (Å²) in [4.78, 5) is 23.4. The average Bonchev–Trinajstić information content (AvgIpc) is 3.37. The molecule has 1 aliphatic rings. The fourth-order valence-electron chi connectivity index (χ4n) is 3.80. The zero-order chi connectivity index (χ0) is 20.2. The Bertz CT molecular complexity index is 962. The Balaban J connectivity index is 0.00000171. The highest BCUT2D eigenvalue weighted by Gasteiger charge is 2.30. The number of rotatable bonds is 6. The minimum atomic E-state index is -0.613. The summed E-state index contributed by atoms with van der Waals surface area (Å²) in [7, 11) is 0. The smallest absolute Gasteiger partial charge is 0.239 e. The number of benzene rings is 1. The van der Waals surface area contributed by atoms with E-state index in [1.807, 2.05) is 33.9 Å². The third kappa shape index (κ3) is 6.29. The summed E-state index contributed by atoms with van der Waals surface area (Å²) in [5.41, 5.74) is 8.26. The number of aromatic nitrogens is 4. The molecule has 0 bridgehead atoms. The Kier molecular flexibility index (Phi) is 9.03. The van der Waals surface area contributed by atoms with Gasteiger partial charge in [0.05, 0.1) is 24.0 Å². The van der Waals surface area contributed by atoms with Crippen LogP contribution in [0, 0.1) is 6.92 Å². The molecule has 1 fully saturated rings. The van der Waals surface area contributed by atoms with Crippen LogP contribution in [0.3, 0.4) is 0 Å². The van der Waals surface area contributed by atoms with E-state index >= 15 is 0 Å². The van der Waals surface area contributed by atoms with E-state index in [1.54, 1.807) is 13.3 Å². The van der Waals surface area contributed by atoms with Crippen molar-refractivity contribution in [2.24, 2.45) is 5.73 Å². The van der Waals surface area contributed by atoms with Gasteiger partial charge in [-0.15, -0.1) is 24.8 Å². The molecule has 1 aromatic carbocycles. The summed E-state index contributed by atoms with van der Waals surface area (Å²) in [6.45, 7) is 3.81. The van der Waals surface area contributed by atoms with E-state index in [0.29, 0.717) is 31.2 Å². The molecule has 0 spiro atoms. The van der Waals surface area contributed by atoms with Gasteiger partial charge in [-0.2, -0.15) is 4.98 Å². The second kappa shape index (κ2) is 11.3. The molecule has 1 aliphatic heterocycles. The van der Waals surface area contributed by atoms with E-state index in [2.05, 4.69) is 27.3 Å². The van der Waals surface area contributed by atoms with Gasteiger partial charge < -0.3 is 19.7 Å². The lowest BCUT2D eigenvalue weighted by atomic mass is 9.97. The van der Waals surface area contributed by atoms with Crippen molar-refractivity contribution < 1.29 is 9.32 Å². The van der Waals surface area contributed by atoms with Crippen LogP contribution >= 0.6 is 24.8 Å². The molecule has 3 aromatic rings. The van der Waals surface area contributed by atoms with Gasteiger partial charge in [0, 0.05) is 32.3 Å². The van der Waals surface area contributed by atoms with Gasteiger partial charge in [0.2, 0.25) is 11.8 Å². The number of nitrogens with two attached hydrogens (primary N) is 1. The lowest BCUT2D eigenvalue weighted by Crippen LogP contribution is -2.48. The minimum absolute atomic E-state index is 0. The van der Waals surface area contributed by atoms with Crippen molar-refractivity contribution in [2.75, 3.05) is 13.1 Å². The first-order chi connectivity index (χ1) is 14.1. The quantitative estimate of drug-likeness (QED) is 0.598. The van der Waals surface area contributed by atoms with Gasteiger partial charge in [-0.1, -0.05) is 35.5 Å². The van der Waals surface area contributed by atoms with Crippen LogP contribution in [0.15, 0.2) is 47.4 Å². The van der Waals surface area contributed by atoms with Crippen LogP contribution in [0.4, 0.5) is 0 Å². The summed E-state index contributed by atoms with van der Waals surface area (Å²) in [5.74, 6) is 1.24. The predicted octanol–water partition coefficient (Wildman–Crippen LogP) is 2.74. The molecule has 168 valence electrons. The molecule has 1 amide bonds. The maximum atomic E-state index is 12.9. The van der Waals surface area contributed by atoms with Crippen molar-refractivity contribution in [1.82, 2.24) is 24.6 Å². The summed E-state index contributed by atoms with van der Waals surface area (Å²) in [5, 5.41) is 3.86. The molecule has 10 heteroatoms. The number of halogens is 2. The molecule has 0 aliphatic carbocycles. The van der Waals surface area contributed by atoms with Gasteiger partial charge in [0.1, 0.15) is 0 Å². The first-order valence-corrected chi connectivity index (χ1v) is 9.97. The standard InChI is InChI=1S/C21H26N6O2.2ClH/c1-15-24-20(29-25-15)17-8-5-9-27(12-17)21(28)19(22)10-18-13-26(14-23-18)11-16-6-3-2-4-7-16;;/h2-4,6-7,13-14,17,19H,5,8-12,22H2,1H3;2*1H/t17?,19-;;/m0../s1. The number of likely N-dealkylation sites (tertiary alicyclic amines) is 1. The van der Waals surface area contributed by atoms with Crippen LogP contribution in [-0.2, 0) is 17.8 Å². The Labute approximate surface area is 194 Å². The maximum Gasteiger partial charge on any atom is 0.239 e. The number of aryl methyl sites for hydroxylation is 1. The molecule has 0 radical (unpaired) electrons. The van der Waals surface area contributed by atoms with Gasteiger partial charge in [-0.25, -0.2) is 4.98 Å². The van der Waals surface area contributed by atoms with Gasteiger partial charge in [-0.3, -0.25) is 4.79 Å². The highest BCUT2D eigenvalue weighted by molar-refractivity contribution is 5.85. The van der Waals surface area contributed by atoms with Gasteiger partial charge in [-0.05, 0) is 25.3 Å². The Morgan fingerprint density at radius 3 is 2.77 bits per heavy atom. The van der Waals surface area contributed by atoms with Crippen molar-refractivity contribution in [1.29, 1.82) is 0 Å². The first-order valence-electron chi connectivity index (χ1n) is 9.97. The van der Waals surface area contributed by atoms with Crippen molar-refractivity contribution in [2.45, 2.75) is 44.7 Å². The number of hydrogen-bond donors (Lipinski definition) is 1. The van der Waals surface area contributed by atoms with Gasteiger partial charge >= 0.3 is 0 Å². The van der Waals surface area contributed by atoms with Crippen molar-refractivity contribution >= 4 is 30.7 Å². The number of amides is 1. The van der Waals surface area contributed by atoms with Gasteiger partial charge in [0.25, 0.3) is 0 Å². The summed E-state index contributed by atoms with van der Waals surface area (Å²) in [6, 6.07) is 9.57. The fourth-order valence-corrected chi connectivity index (χ4v) is 3.80. The lowest BCUT2D eigenvalue weighted by molar-refractivity contribution is -0.133. The fraction of sp³-hybridized carbons (Fsp3) is 0.429. The van der Waals surface area contributed by atoms with E-state index in [4.69, 9.17) is 10.3 Å². The van der Waals surface area contributed by atoms with Crippen LogP contribution in [0.25, 0.3) is 0 Å². The van der Waals surface area contributed by atoms with Crippen LogP contribution in [0.5, 0.6) is 0 Å². The molecule has 2 aromatic heterocycles. The number of nitrogens with zero attached hydrogens (tertiary/aromatic N) is 5. The molecule has 1 unspecified atom stereocenters. The summed E-state index contributed by atoms with van der Waals surface area (Å²) < 4.78 is 7.31. The highest BCUT2D eigenvalue weighted by atomic mass is 35.5. The van der Waals surface area contributed by atoms with Crippen LogP contribution < -0.4 is 5.73 Å². The average molecular weight is 467 g/mol. The molecule has 2 atom stereocenters. The second-order valence-electron chi connectivity index (χ2n) is 7.64. The number of carbonyl (C=O) groups excluding carboxylic acids is 1. The molecule has 1 saturated heterocycles.